The fourth-order valence-electron chi connectivity index (χ4n) is 1.47. The van der Waals surface area contributed by atoms with Gasteiger partial charge in [-0.2, -0.15) is 5.26 Å². The number of unbranched alkanes of at least 4 members (excludes halogenated alkanes) is 1. The van der Waals surface area contributed by atoms with Crippen molar-refractivity contribution >= 4 is 10.0 Å². The van der Waals surface area contributed by atoms with Crippen LogP contribution in [0.2, 0.25) is 0 Å². The summed E-state index contributed by atoms with van der Waals surface area (Å²) in [5.41, 5.74) is 0.141. The maximum absolute atomic E-state index is 12.0. The fourth-order valence-corrected chi connectivity index (χ4v) is 2.64. The second-order valence-corrected chi connectivity index (χ2v) is 5.71. The number of hydrogen-bond donors (Lipinski definition) is 1. The minimum atomic E-state index is -3.65. The summed E-state index contributed by atoms with van der Waals surface area (Å²) in [6.07, 6.45) is 2.01. The van der Waals surface area contributed by atoms with Crippen molar-refractivity contribution in [1.29, 1.82) is 5.26 Å². The van der Waals surface area contributed by atoms with Crippen molar-refractivity contribution in [1.82, 2.24) is 4.72 Å². The van der Waals surface area contributed by atoms with E-state index in [1.807, 2.05) is 6.07 Å². The number of nitriles is 1. The third-order valence-electron chi connectivity index (χ3n) is 2.48. The number of hydrogen-bond acceptors (Lipinski definition) is 4. The van der Waals surface area contributed by atoms with Crippen LogP contribution in [0.1, 0.15) is 25.3 Å². The van der Waals surface area contributed by atoms with E-state index in [0.29, 0.717) is 13.2 Å². The van der Waals surface area contributed by atoms with Crippen LogP contribution in [0.25, 0.3) is 0 Å². The molecule has 0 saturated carbocycles. The largest absolute Gasteiger partial charge is 0.380 e. The summed E-state index contributed by atoms with van der Waals surface area (Å²) in [4.78, 5) is 0.00561. The van der Waals surface area contributed by atoms with Crippen molar-refractivity contribution in [2.24, 2.45) is 0 Å². The first-order chi connectivity index (χ1) is 9.11. The first-order valence-corrected chi connectivity index (χ1v) is 7.66. The Morgan fingerprint density at radius 3 is 2.74 bits per heavy atom. The smallest absolute Gasteiger partial charge is 0.241 e. The molecule has 0 heterocycles. The van der Waals surface area contributed by atoms with Crippen molar-refractivity contribution in [2.45, 2.75) is 24.7 Å². The molecule has 0 unspecified atom stereocenters. The summed E-state index contributed by atoms with van der Waals surface area (Å²) in [6, 6.07) is 7.98. The van der Waals surface area contributed by atoms with Gasteiger partial charge in [0.1, 0.15) is 6.07 Å². The minimum absolute atomic E-state index is 0.00561. The van der Waals surface area contributed by atoms with Gasteiger partial charge < -0.3 is 4.74 Å². The van der Waals surface area contributed by atoms with E-state index in [1.54, 1.807) is 12.1 Å². The van der Waals surface area contributed by atoms with Gasteiger partial charge in [0.05, 0.1) is 17.1 Å². The van der Waals surface area contributed by atoms with Crippen LogP contribution in [0.5, 0.6) is 0 Å². The summed E-state index contributed by atoms with van der Waals surface area (Å²) in [6.45, 7) is 3.22. The van der Waals surface area contributed by atoms with E-state index in [4.69, 9.17) is 10.00 Å². The quantitative estimate of drug-likeness (QED) is 0.735. The van der Waals surface area contributed by atoms with Crippen LogP contribution in [0.3, 0.4) is 0 Å². The Kier molecular flexibility index (Phi) is 6.50. The highest BCUT2D eigenvalue weighted by atomic mass is 32.2. The second-order valence-electron chi connectivity index (χ2n) is 3.97. The molecule has 6 heteroatoms. The number of ether oxygens (including phenoxy) is 1. The summed E-state index contributed by atoms with van der Waals surface area (Å²) >= 11 is 0. The van der Waals surface area contributed by atoms with E-state index in [0.717, 1.165) is 12.8 Å². The van der Waals surface area contributed by atoms with E-state index >= 15 is 0 Å². The molecule has 1 aromatic carbocycles. The van der Waals surface area contributed by atoms with E-state index in [-0.39, 0.29) is 17.0 Å². The van der Waals surface area contributed by atoms with Crippen molar-refractivity contribution in [3.8, 4) is 6.07 Å². The Labute approximate surface area is 114 Å². The molecule has 0 saturated heterocycles. The van der Waals surface area contributed by atoms with Gasteiger partial charge in [-0.25, -0.2) is 13.1 Å². The van der Waals surface area contributed by atoms with Gasteiger partial charge in [-0.1, -0.05) is 25.5 Å². The molecule has 104 valence electrons. The van der Waals surface area contributed by atoms with Gasteiger partial charge in [0.15, 0.2) is 0 Å². The SMILES string of the molecule is CCCCOCCNS(=O)(=O)c1ccccc1C#N. The standard InChI is InChI=1S/C13H18N2O3S/c1-2-3-9-18-10-8-15-19(16,17)13-7-5-4-6-12(13)11-14/h4-7,15H,2-3,8-10H2,1H3. The first kappa shape index (κ1) is 15.6. The normalized spacial score (nSPS) is 11.2. The average molecular weight is 282 g/mol. The van der Waals surface area contributed by atoms with Crippen molar-refractivity contribution in [3.05, 3.63) is 29.8 Å². The van der Waals surface area contributed by atoms with E-state index < -0.39 is 10.0 Å². The highest BCUT2D eigenvalue weighted by Gasteiger charge is 2.17. The van der Waals surface area contributed by atoms with Crippen LogP contribution in [0, 0.1) is 11.3 Å². The van der Waals surface area contributed by atoms with E-state index in [1.165, 1.54) is 12.1 Å². The molecule has 1 rings (SSSR count). The van der Waals surface area contributed by atoms with E-state index in [2.05, 4.69) is 11.6 Å². The first-order valence-electron chi connectivity index (χ1n) is 6.18. The fraction of sp³-hybridized carbons (Fsp3) is 0.462. The van der Waals surface area contributed by atoms with Gasteiger partial charge in [0, 0.05) is 13.2 Å². The Morgan fingerprint density at radius 1 is 1.32 bits per heavy atom. The van der Waals surface area contributed by atoms with Gasteiger partial charge in [0.2, 0.25) is 10.0 Å². The van der Waals surface area contributed by atoms with Crippen LogP contribution < -0.4 is 4.72 Å². The maximum Gasteiger partial charge on any atom is 0.241 e. The molecule has 1 aromatic rings. The highest BCUT2D eigenvalue weighted by Crippen LogP contribution is 2.13. The summed E-state index contributed by atoms with van der Waals surface area (Å²) in [7, 11) is -3.65. The Morgan fingerprint density at radius 2 is 2.05 bits per heavy atom. The number of rotatable bonds is 8. The Hall–Kier alpha value is -1.42. The predicted molar refractivity (Wildman–Crippen MR) is 72.1 cm³/mol. The average Bonchev–Trinajstić information content (AvgIpc) is 2.42. The van der Waals surface area contributed by atoms with Crippen LogP contribution >= 0.6 is 0 Å². The summed E-state index contributed by atoms with van der Waals surface area (Å²) < 4.78 is 31.7. The van der Waals surface area contributed by atoms with Crippen LogP contribution in [-0.2, 0) is 14.8 Å². The van der Waals surface area contributed by atoms with Gasteiger partial charge in [-0.05, 0) is 18.6 Å². The van der Waals surface area contributed by atoms with E-state index in [9.17, 15) is 8.42 Å². The van der Waals surface area contributed by atoms with Crippen LogP contribution in [0.15, 0.2) is 29.2 Å². The Bertz CT molecular complexity index is 535. The molecule has 19 heavy (non-hydrogen) atoms. The molecule has 0 aliphatic heterocycles. The topological polar surface area (TPSA) is 79.2 Å². The molecule has 0 aromatic heterocycles. The van der Waals surface area contributed by atoms with Crippen LogP contribution in [-0.4, -0.2) is 28.2 Å². The molecule has 0 fully saturated rings. The maximum atomic E-state index is 12.0. The molecule has 0 aliphatic rings. The monoisotopic (exact) mass is 282 g/mol. The molecule has 0 atom stereocenters. The lowest BCUT2D eigenvalue weighted by Gasteiger charge is -2.08. The molecule has 0 spiro atoms. The zero-order valence-corrected chi connectivity index (χ0v) is 11.7. The van der Waals surface area contributed by atoms with Gasteiger partial charge >= 0.3 is 0 Å². The summed E-state index contributed by atoms with van der Waals surface area (Å²) in [5.74, 6) is 0. The predicted octanol–water partition coefficient (Wildman–Crippen LogP) is 1.65. The lowest BCUT2D eigenvalue weighted by atomic mass is 10.2. The number of benzene rings is 1. The summed E-state index contributed by atoms with van der Waals surface area (Å²) in [5, 5.41) is 8.88. The molecule has 0 radical (unpaired) electrons. The lowest BCUT2D eigenvalue weighted by molar-refractivity contribution is 0.136. The third kappa shape index (κ3) is 4.99. The zero-order valence-electron chi connectivity index (χ0n) is 10.9. The number of nitrogens with one attached hydrogen (secondary N) is 1. The van der Waals surface area contributed by atoms with Gasteiger partial charge in [-0.15, -0.1) is 0 Å². The van der Waals surface area contributed by atoms with Crippen LogP contribution in [0.4, 0.5) is 0 Å². The van der Waals surface area contributed by atoms with Gasteiger partial charge in [0.25, 0.3) is 0 Å². The highest BCUT2D eigenvalue weighted by molar-refractivity contribution is 7.89. The Balaban J connectivity index is 2.55. The molecule has 0 aliphatic carbocycles. The number of nitrogens with zero attached hydrogens (tertiary/aromatic N) is 1. The molecule has 0 bridgehead atoms. The van der Waals surface area contributed by atoms with Crippen molar-refractivity contribution in [3.63, 3.8) is 0 Å². The number of sulfonamides is 1. The van der Waals surface area contributed by atoms with Gasteiger partial charge in [-0.3, -0.25) is 0 Å². The lowest BCUT2D eigenvalue weighted by Crippen LogP contribution is -2.28. The zero-order chi connectivity index (χ0) is 14.1. The molecule has 1 N–H and O–H groups in total. The van der Waals surface area contributed by atoms with Crippen molar-refractivity contribution < 1.29 is 13.2 Å². The molecule has 0 amide bonds. The molecular formula is C13H18N2O3S. The van der Waals surface area contributed by atoms with Crippen molar-refractivity contribution in [2.75, 3.05) is 19.8 Å². The third-order valence-corrected chi connectivity index (χ3v) is 4.00. The molecular weight excluding hydrogens is 264 g/mol. The molecule has 5 nitrogen and oxygen atoms in total. The minimum Gasteiger partial charge on any atom is -0.380 e. The second kappa shape index (κ2) is 7.89.